The second-order valence-electron chi connectivity index (χ2n) is 11.1. The van der Waals surface area contributed by atoms with Gasteiger partial charge in [-0.05, 0) is 66.9 Å². The molecule has 1 aromatic heterocycles. The number of morpholine rings is 1. The first-order valence-electron chi connectivity index (χ1n) is 14.6. The van der Waals surface area contributed by atoms with Crippen LogP contribution in [-0.4, -0.2) is 95.8 Å². The molecule has 232 valence electrons. The largest absolute Gasteiger partial charge is 0.438 e. The molecule has 0 bridgehead atoms. The van der Waals surface area contributed by atoms with E-state index >= 15 is 0 Å². The van der Waals surface area contributed by atoms with Crippen LogP contribution in [0.25, 0.3) is 11.1 Å². The van der Waals surface area contributed by atoms with Crippen molar-refractivity contribution in [3.8, 4) is 22.8 Å². The molecule has 2 aromatic carbocycles. The van der Waals surface area contributed by atoms with Crippen LogP contribution in [0.15, 0.2) is 54.7 Å². The second-order valence-corrected chi connectivity index (χ2v) is 11.1. The smallest absolute Gasteiger partial charge is 0.254 e. The molecular formula is C32H41ClFN5O4. The van der Waals surface area contributed by atoms with Gasteiger partial charge >= 0.3 is 0 Å². The van der Waals surface area contributed by atoms with E-state index in [1.807, 2.05) is 18.2 Å². The molecule has 1 atom stereocenters. The summed E-state index contributed by atoms with van der Waals surface area (Å²) in [5, 5.41) is 9.34. The van der Waals surface area contributed by atoms with E-state index in [-0.39, 0.29) is 30.5 Å². The maximum atomic E-state index is 13.7. The van der Waals surface area contributed by atoms with E-state index in [1.165, 1.54) is 11.1 Å². The Balaban J connectivity index is 0.00000423. The molecule has 0 saturated carbocycles. The summed E-state index contributed by atoms with van der Waals surface area (Å²) in [4.78, 5) is 23.1. The molecule has 9 nitrogen and oxygen atoms in total. The average molecular weight is 614 g/mol. The molecular weight excluding hydrogens is 573 g/mol. The van der Waals surface area contributed by atoms with Crippen molar-refractivity contribution in [2.24, 2.45) is 5.73 Å². The summed E-state index contributed by atoms with van der Waals surface area (Å²) in [7, 11) is 0. The minimum Gasteiger partial charge on any atom is -0.438 e. The van der Waals surface area contributed by atoms with Crippen LogP contribution < -0.4 is 10.5 Å². The highest BCUT2D eigenvalue weighted by Crippen LogP contribution is 2.32. The molecule has 11 heteroatoms. The zero-order valence-corrected chi connectivity index (χ0v) is 25.4. The second kappa shape index (κ2) is 15.6. The van der Waals surface area contributed by atoms with Crippen LogP contribution in [-0.2, 0) is 17.8 Å². The van der Waals surface area contributed by atoms with Gasteiger partial charge in [0.15, 0.2) is 0 Å². The van der Waals surface area contributed by atoms with E-state index in [0.717, 1.165) is 82.2 Å². The number of aromatic nitrogens is 1. The third kappa shape index (κ3) is 8.72. The average Bonchev–Trinajstić information content (AvgIpc) is 3.20. The highest BCUT2D eigenvalue weighted by atomic mass is 35.5. The number of amides is 1. The Morgan fingerprint density at radius 2 is 1.91 bits per heavy atom. The molecule has 0 radical (unpaired) electrons. The van der Waals surface area contributed by atoms with E-state index in [0.29, 0.717) is 25.0 Å². The number of nitrogens with two attached hydrogens (primary N) is 1. The molecule has 2 fully saturated rings. The number of hydrogen-bond acceptors (Lipinski definition) is 8. The molecule has 2 aliphatic heterocycles. The Labute approximate surface area is 258 Å². The lowest BCUT2D eigenvalue weighted by Gasteiger charge is -2.34. The molecule has 2 saturated heterocycles. The molecule has 2 aliphatic rings. The zero-order chi connectivity index (χ0) is 29.5. The number of benzene rings is 2. The van der Waals surface area contributed by atoms with Crippen molar-refractivity contribution in [1.82, 2.24) is 19.7 Å². The highest BCUT2D eigenvalue weighted by Gasteiger charge is 2.22. The fraction of sp³-hybridized carbons (Fsp3) is 0.438. The summed E-state index contributed by atoms with van der Waals surface area (Å²) in [5.41, 5.74) is 9.86. The van der Waals surface area contributed by atoms with Crippen molar-refractivity contribution >= 4 is 18.3 Å². The van der Waals surface area contributed by atoms with Gasteiger partial charge in [-0.1, -0.05) is 30.3 Å². The van der Waals surface area contributed by atoms with Crippen molar-refractivity contribution in [2.45, 2.75) is 32.5 Å². The number of rotatable bonds is 10. The predicted octanol–water partition coefficient (Wildman–Crippen LogP) is 3.92. The fourth-order valence-electron chi connectivity index (χ4n) is 5.70. The third-order valence-corrected chi connectivity index (χ3v) is 7.99. The predicted molar refractivity (Wildman–Crippen MR) is 166 cm³/mol. The lowest BCUT2D eigenvalue weighted by Crippen LogP contribution is -2.43. The Kier molecular flexibility index (Phi) is 11.9. The first-order valence-corrected chi connectivity index (χ1v) is 14.6. The molecule has 3 heterocycles. The number of pyridine rings is 1. The number of nitrogens with zero attached hydrogens (tertiary/aromatic N) is 4. The summed E-state index contributed by atoms with van der Waals surface area (Å²) in [6, 6.07) is 15.6. The Hall–Kier alpha value is -3.12. The molecule has 0 unspecified atom stereocenters. The van der Waals surface area contributed by atoms with Crippen molar-refractivity contribution in [3.05, 3.63) is 77.2 Å². The van der Waals surface area contributed by atoms with Crippen molar-refractivity contribution in [1.29, 1.82) is 0 Å². The lowest BCUT2D eigenvalue weighted by molar-refractivity contribution is -0.00431. The number of hydrogen-bond donors (Lipinski definition) is 2. The SMILES string of the molecule is C[C@H]1COCCN1Cc1cc(CN2CCCN(CCO)CC2)ccc1-c1cccc(Oc2ncc(F)cc2C(N)=O)c1.Cl. The van der Waals surface area contributed by atoms with Gasteiger partial charge in [0.2, 0.25) is 5.88 Å². The van der Waals surface area contributed by atoms with Crippen LogP contribution in [0, 0.1) is 5.82 Å². The number of carbonyl (C=O) groups is 1. The minimum atomic E-state index is -0.809. The van der Waals surface area contributed by atoms with Crippen molar-refractivity contribution in [2.75, 3.05) is 59.1 Å². The first kappa shape index (κ1) is 32.8. The number of aliphatic hydroxyl groups excluding tert-OH is 1. The van der Waals surface area contributed by atoms with Gasteiger partial charge in [0.25, 0.3) is 5.91 Å². The summed E-state index contributed by atoms with van der Waals surface area (Å²) in [5.74, 6) is -1.03. The zero-order valence-electron chi connectivity index (χ0n) is 24.6. The topological polar surface area (TPSA) is 104 Å². The van der Waals surface area contributed by atoms with Gasteiger partial charge in [0, 0.05) is 45.3 Å². The summed E-state index contributed by atoms with van der Waals surface area (Å²) in [6.45, 7) is 11.1. The van der Waals surface area contributed by atoms with E-state index in [2.05, 4.69) is 44.8 Å². The van der Waals surface area contributed by atoms with Gasteiger partial charge in [-0.25, -0.2) is 9.37 Å². The van der Waals surface area contributed by atoms with E-state index in [4.69, 9.17) is 15.2 Å². The quantitative estimate of drug-likeness (QED) is 0.355. The molecule has 3 aromatic rings. The molecule has 3 N–H and O–H groups in total. The number of β-amino-alcohol motifs (C(OH)–C–C–N with tert-alkyl or cyclic N) is 1. The molecule has 0 aliphatic carbocycles. The van der Waals surface area contributed by atoms with E-state index in [1.54, 1.807) is 6.07 Å². The minimum absolute atomic E-state index is 0. The lowest BCUT2D eigenvalue weighted by atomic mass is 9.96. The van der Waals surface area contributed by atoms with Crippen molar-refractivity contribution in [3.63, 3.8) is 0 Å². The van der Waals surface area contributed by atoms with Crippen LogP contribution >= 0.6 is 12.4 Å². The molecule has 1 amide bonds. The van der Waals surface area contributed by atoms with Crippen LogP contribution in [0.1, 0.15) is 34.8 Å². The first-order chi connectivity index (χ1) is 20.4. The Morgan fingerprint density at radius 1 is 1.09 bits per heavy atom. The van der Waals surface area contributed by atoms with E-state index < -0.39 is 11.7 Å². The van der Waals surface area contributed by atoms with Crippen molar-refractivity contribution < 1.29 is 23.8 Å². The van der Waals surface area contributed by atoms with Crippen LogP contribution in [0.4, 0.5) is 4.39 Å². The highest BCUT2D eigenvalue weighted by molar-refractivity contribution is 5.95. The fourth-order valence-corrected chi connectivity index (χ4v) is 5.70. The van der Waals surface area contributed by atoms with E-state index in [9.17, 15) is 14.3 Å². The number of aliphatic hydroxyl groups is 1. The number of halogens is 2. The van der Waals surface area contributed by atoms with Gasteiger partial charge in [0.05, 0.1) is 26.0 Å². The van der Waals surface area contributed by atoms with Gasteiger partial charge in [-0.2, -0.15) is 0 Å². The normalized spacial score (nSPS) is 18.5. The van der Waals surface area contributed by atoms with Gasteiger partial charge in [-0.15, -0.1) is 12.4 Å². The van der Waals surface area contributed by atoms with Crippen LogP contribution in [0.3, 0.4) is 0 Å². The van der Waals surface area contributed by atoms with Gasteiger partial charge in [0.1, 0.15) is 17.1 Å². The maximum Gasteiger partial charge on any atom is 0.254 e. The summed E-state index contributed by atoms with van der Waals surface area (Å²) >= 11 is 0. The molecule has 5 rings (SSSR count). The van der Waals surface area contributed by atoms with Gasteiger partial charge < -0.3 is 20.3 Å². The van der Waals surface area contributed by atoms with Gasteiger partial charge in [-0.3, -0.25) is 19.5 Å². The number of ether oxygens (including phenoxy) is 2. The standard InChI is InChI=1S/C32H40FN5O4.ClH/c1-23-22-41-15-13-38(23)21-26-16-24(20-37-9-3-8-36(10-11-37)12-14-39)6-7-29(26)25-4-2-5-28(17-25)42-32-30(31(34)40)18-27(33)19-35-32;/h2,4-7,16-19,23,39H,3,8-15,20-22H2,1H3,(H2,34,40);1H/t23-;/m0./s1. The summed E-state index contributed by atoms with van der Waals surface area (Å²) < 4.78 is 25.3. The van der Waals surface area contributed by atoms with Crippen LogP contribution in [0.2, 0.25) is 0 Å². The molecule has 0 spiro atoms. The maximum absolute atomic E-state index is 13.7. The third-order valence-electron chi connectivity index (χ3n) is 7.99. The van der Waals surface area contributed by atoms with Crippen LogP contribution in [0.5, 0.6) is 11.6 Å². The Morgan fingerprint density at radius 3 is 2.70 bits per heavy atom. The number of primary amides is 1. The Bertz CT molecular complexity index is 1380. The monoisotopic (exact) mass is 613 g/mol. The summed E-state index contributed by atoms with van der Waals surface area (Å²) in [6.07, 6.45) is 2.09. The molecule has 43 heavy (non-hydrogen) atoms. The number of carbonyl (C=O) groups excluding carboxylic acids is 1.